The monoisotopic (exact) mass is 467 g/mol. The molecule has 0 saturated carbocycles. The molecule has 2 heterocycles. The first-order valence-corrected chi connectivity index (χ1v) is 11.2. The molecule has 1 atom stereocenters. The maximum Gasteiger partial charge on any atom is 0.311 e. The average molecular weight is 468 g/mol. The maximum absolute atomic E-state index is 12.5. The van der Waals surface area contributed by atoms with Crippen LogP contribution in [-0.4, -0.2) is 43.9 Å². The van der Waals surface area contributed by atoms with Crippen LogP contribution in [0.5, 0.6) is 0 Å². The lowest BCUT2D eigenvalue weighted by Crippen LogP contribution is -2.41. The quantitative estimate of drug-likeness (QED) is 0.305. The van der Waals surface area contributed by atoms with Crippen LogP contribution < -0.4 is 16.2 Å². The number of rotatable bonds is 8. The van der Waals surface area contributed by atoms with Crippen molar-refractivity contribution in [2.45, 2.75) is 31.9 Å². The number of nitrogens with one attached hydrogen (secondary N) is 3. The summed E-state index contributed by atoms with van der Waals surface area (Å²) >= 11 is 7.55. The Bertz CT molecular complexity index is 891. The van der Waals surface area contributed by atoms with Gasteiger partial charge in [-0.25, -0.2) is 4.98 Å². The third-order valence-electron chi connectivity index (χ3n) is 3.55. The Morgan fingerprint density at radius 2 is 1.97 bits per heavy atom. The number of thioether (sulfide) groups is 1. The molecule has 2 amide bonds. The summed E-state index contributed by atoms with van der Waals surface area (Å²) < 4.78 is 5.14. The zero-order chi connectivity index (χ0) is 21.9. The molecular formula is C18H21N5O4S3. The summed E-state index contributed by atoms with van der Waals surface area (Å²) in [6, 6.07) is 3.14. The van der Waals surface area contributed by atoms with Gasteiger partial charge in [0.2, 0.25) is 5.91 Å². The fourth-order valence-electron chi connectivity index (χ4n) is 2.16. The smallest absolute Gasteiger partial charge is 0.311 e. The molecule has 0 radical (unpaired) electrons. The Labute approximate surface area is 187 Å². The molecule has 30 heavy (non-hydrogen) atoms. The van der Waals surface area contributed by atoms with E-state index in [1.165, 1.54) is 23.7 Å². The van der Waals surface area contributed by atoms with Crippen LogP contribution in [0, 0.1) is 0 Å². The summed E-state index contributed by atoms with van der Waals surface area (Å²) in [4.78, 5) is 44.1. The minimum Gasteiger partial charge on any atom is -0.466 e. The summed E-state index contributed by atoms with van der Waals surface area (Å²) in [5.41, 5.74) is 6.08. The third-order valence-corrected chi connectivity index (χ3v) is 5.89. The molecule has 3 N–H and O–H groups in total. The lowest BCUT2D eigenvalue weighted by Gasteiger charge is -2.15. The zero-order valence-electron chi connectivity index (χ0n) is 16.3. The second-order valence-corrected chi connectivity index (χ2v) is 8.47. The summed E-state index contributed by atoms with van der Waals surface area (Å²) in [5, 5.41) is 4.33. The van der Waals surface area contributed by atoms with E-state index in [4.69, 9.17) is 17.0 Å². The van der Waals surface area contributed by atoms with E-state index in [1.807, 2.05) is 6.92 Å². The topological polar surface area (TPSA) is 122 Å². The van der Waals surface area contributed by atoms with E-state index in [-0.39, 0.29) is 28.5 Å². The van der Waals surface area contributed by atoms with Gasteiger partial charge in [-0.2, -0.15) is 0 Å². The molecule has 0 aliphatic carbocycles. The Balaban J connectivity index is 1.82. The molecule has 2 aromatic heterocycles. The van der Waals surface area contributed by atoms with Crippen LogP contribution in [0.15, 0.2) is 29.9 Å². The summed E-state index contributed by atoms with van der Waals surface area (Å²) in [5.74, 6) is -1.01. The van der Waals surface area contributed by atoms with Gasteiger partial charge in [-0.15, -0.1) is 11.3 Å². The highest BCUT2D eigenvalue weighted by Crippen LogP contribution is 2.21. The molecule has 9 nitrogen and oxygen atoms in total. The molecule has 0 fully saturated rings. The molecule has 160 valence electrons. The van der Waals surface area contributed by atoms with Crippen molar-refractivity contribution in [3.8, 4) is 0 Å². The van der Waals surface area contributed by atoms with Gasteiger partial charge in [0, 0.05) is 23.3 Å². The van der Waals surface area contributed by atoms with Gasteiger partial charge < -0.3 is 10.1 Å². The van der Waals surface area contributed by atoms with Crippen LogP contribution in [0.25, 0.3) is 0 Å². The van der Waals surface area contributed by atoms with Gasteiger partial charge in [-0.05, 0) is 25.5 Å². The summed E-state index contributed by atoms with van der Waals surface area (Å²) in [7, 11) is 0. The number of carbonyl (C=O) groups is 3. The maximum atomic E-state index is 12.5. The molecule has 0 bridgehead atoms. The Morgan fingerprint density at radius 3 is 2.63 bits per heavy atom. The van der Waals surface area contributed by atoms with Gasteiger partial charge in [-0.3, -0.25) is 30.2 Å². The van der Waals surface area contributed by atoms with Crippen molar-refractivity contribution in [3.63, 3.8) is 0 Å². The second kappa shape index (κ2) is 12.2. The first-order chi connectivity index (χ1) is 14.4. The van der Waals surface area contributed by atoms with Gasteiger partial charge in [-0.1, -0.05) is 30.9 Å². The summed E-state index contributed by atoms with van der Waals surface area (Å²) in [6.07, 6.45) is 3.58. The van der Waals surface area contributed by atoms with Crippen LogP contribution in [-0.2, 0) is 20.7 Å². The van der Waals surface area contributed by atoms with E-state index in [9.17, 15) is 14.4 Å². The lowest BCUT2D eigenvalue weighted by molar-refractivity contribution is -0.142. The standard InChI is InChI=1S/C18H21N5O4S3/c1-3-13(30-18(28)23-22-15(25)11-5-7-19-8-6-11)16(26)21-17-20-12(10-29-17)9-14(24)27-4-2/h5-8,10,13H,3-4,9H2,1-2H3,(H,22,25)(H,23,28)(H,20,21,26). The first-order valence-electron chi connectivity index (χ1n) is 9.00. The van der Waals surface area contributed by atoms with E-state index in [0.29, 0.717) is 29.4 Å². The lowest BCUT2D eigenvalue weighted by atomic mass is 10.3. The van der Waals surface area contributed by atoms with Crippen LogP contribution in [0.4, 0.5) is 5.13 Å². The molecular weight excluding hydrogens is 446 g/mol. The average Bonchev–Trinajstić information content (AvgIpc) is 3.17. The number of aromatic nitrogens is 2. The van der Waals surface area contributed by atoms with Crippen LogP contribution in [0.1, 0.15) is 36.3 Å². The van der Waals surface area contributed by atoms with Crippen molar-refractivity contribution in [1.29, 1.82) is 0 Å². The number of carbonyl (C=O) groups excluding carboxylic acids is 3. The van der Waals surface area contributed by atoms with Crippen molar-refractivity contribution in [1.82, 2.24) is 20.8 Å². The number of esters is 1. The van der Waals surface area contributed by atoms with E-state index in [0.717, 1.165) is 11.8 Å². The molecule has 0 aliphatic rings. The van der Waals surface area contributed by atoms with Crippen LogP contribution in [0.2, 0.25) is 0 Å². The molecule has 1 unspecified atom stereocenters. The van der Waals surface area contributed by atoms with Gasteiger partial charge in [0.1, 0.15) is 0 Å². The van der Waals surface area contributed by atoms with Crippen LogP contribution in [0.3, 0.4) is 0 Å². The van der Waals surface area contributed by atoms with Gasteiger partial charge in [0.25, 0.3) is 5.91 Å². The number of anilines is 1. The SMILES string of the molecule is CCOC(=O)Cc1csc(NC(=O)C(CC)SC(=S)NNC(=O)c2ccncc2)n1. The second-order valence-electron chi connectivity index (χ2n) is 5.73. The fraction of sp³-hybridized carbons (Fsp3) is 0.333. The number of hydrazine groups is 1. The zero-order valence-corrected chi connectivity index (χ0v) is 18.8. The summed E-state index contributed by atoms with van der Waals surface area (Å²) in [6.45, 7) is 3.89. The molecule has 0 spiro atoms. The molecule has 2 aromatic rings. The highest BCUT2D eigenvalue weighted by molar-refractivity contribution is 8.23. The van der Waals surface area contributed by atoms with Crippen molar-refractivity contribution in [2.24, 2.45) is 0 Å². The van der Waals surface area contributed by atoms with Gasteiger partial charge >= 0.3 is 5.97 Å². The molecule has 2 rings (SSSR count). The van der Waals surface area contributed by atoms with Crippen molar-refractivity contribution in [2.75, 3.05) is 11.9 Å². The molecule has 0 aromatic carbocycles. The molecule has 0 aliphatic heterocycles. The number of hydrogen-bond acceptors (Lipinski definition) is 9. The van der Waals surface area contributed by atoms with E-state index >= 15 is 0 Å². The van der Waals surface area contributed by atoms with E-state index < -0.39 is 5.25 Å². The minimum atomic E-state index is -0.486. The largest absolute Gasteiger partial charge is 0.466 e. The number of thiocarbonyl (C=S) groups is 1. The Hall–Kier alpha value is -2.57. The fourth-order valence-corrected chi connectivity index (χ4v) is 3.97. The van der Waals surface area contributed by atoms with Gasteiger partial charge in [0.15, 0.2) is 9.45 Å². The number of amides is 2. The predicted molar refractivity (Wildman–Crippen MR) is 120 cm³/mol. The highest BCUT2D eigenvalue weighted by atomic mass is 32.2. The van der Waals surface area contributed by atoms with Crippen molar-refractivity contribution < 1.29 is 19.1 Å². The number of hydrogen-bond donors (Lipinski definition) is 3. The van der Waals surface area contributed by atoms with E-state index in [1.54, 1.807) is 24.4 Å². The van der Waals surface area contributed by atoms with Crippen molar-refractivity contribution >= 4 is 62.6 Å². The van der Waals surface area contributed by atoms with Gasteiger partial charge in [0.05, 0.1) is 24.0 Å². The number of thiazole rings is 1. The molecule has 0 saturated heterocycles. The highest BCUT2D eigenvalue weighted by Gasteiger charge is 2.21. The number of pyridine rings is 1. The molecule has 12 heteroatoms. The third kappa shape index (κ3) is 7.69. The minimum absolute atomic E-state index is 0.0529. The predicted octanol–water partition coefficient (Wildman–Crippen LogP) is 2.31. The first kappa shape index (κ1) is 23.7. The van der Waals surface area contributed by atoms with Crippen molar-refractivity contribution in [3.05, 3.63) is 41.2 Å². The van der Waals surface area contributed by atoms with E-state index in [2.05, 4.69) is 26.1 Å². The number of ether oxygens (including phenoxy) is 1. The Kier molecular flexibility index (Phi) is 9.64. The Morgan fingerprint density at radius 1 is 1.23 bits per heavy atom. The number of nitrogens with zero attached hydrogens (tertiary/aromatic N) is 2. The van der Waals surface area contributed by atoms with Crippen LogP contribution >= 0.6 is 35.3 Å². The normalized spacial score (nSPS) is 11.3.